The van der Waals surface area contributed by atoms with Gasteiger partial charge in [-0.05, 0) is 6.42 Å². The van der Waals surface area contributed by atoms with Crippen LogP contribution in [0.15, 0.2) is 11.6 Å². The average molecular weight is 308 g/mol. The Morgan fingerprint density at radius 1 is 1.43 bits per heavy atom. The zero-order valence-electron chi connectivity index (χ0n) is 11.1. The molecule has 1 saturated heterocycles. The fourth-order valence-electron chi connectivity index (χ4n) is 2.28. The summed E-state index contributed by atoms with van der Waals surface area (Å²) >= 11 is 0. The van der Waals surface area contributed by atoms with Gasteiger partial charge in [0.05, 0.1) is 6.61 Å². The van der Waals surface area contributed by atoms with Crippen molar-refractivity contribution in [3.8, 4) is 0 Å². The molecular formula is C12H15F3N2O4. The van der Waals surface area contributed by atoms with Gasteiger partial charge in [0.1, 0.15) is 0 Å². The number of rotatable bonds is 2. The van der Waals surface area contributed by atoms with Crippen LogP contribution in [0.1, 0.15) is 12.8 Å². The number of nitrogens with zero attached hydrogens (tertiary/aromatic N) is 1. The first-order valence-corrected chi connectivity index (χ1v) is 6.39. The molecule has 118 valence electrons. The Morgan fingerprint density at radius 2 is 2.14 bits per heavy atom. The van der Waals surface area contributed by atoms with E-state index < -0.39 is 29.3 Å². The second-order valence-electron chi connectivity index (χ2n) is 5.04. The Bertz CT molecular complexity index is 470. The molecular weight excluding hydrogens is 293 g/mol. The number of nitrogens with one attached hydrogen (secondary N) is 1. The SMILES string of the molecule is O=C(NC1(C(=O)O)CCOC1)N1CC=C(C(F)(F)F)CC1. The van der Waals surface area contributed by atoms with E-state index in [0.717, 1.165) is 11.0 Å². The van der Waals surface area contributed by atoms with Crippen LogP contribution in [-0.4, -0.2) is 60.0 Å². The highest BCUT2D eigenvalue weighted by Gasteiger charge is 2.45. The maximum Gasteiger partial charge on any atom is 0.412 e. The van der Waals surface area contributed by atoms with Gasteiger partial charge in [-0.15, -0.1) is 0 Å². The third-order valence-corrected chi connectivity index (χ3v) is 3.64. The fourth-order valence-corrected chi connectivity index (χ4v) is 2.28. The van der Waals surface area contributed by atoms with Crippen LogP contribution in [0.4, 0.5) is 18.0 Å². The fraction of sp³-hybridized carbons (Fsp3) is 0.667. The second kappa shape index (κ2) is 5.55. The normalized spacial score (nSPS) is 26.4. The minimum Gasteiger partial charge on any atom is -0.479 e. The summed E-state index contributed by atoms with van der Waals surface area (Å²) in [5.74, 6) is -1.21. The summed E-state index contributed by atoms with van der Waals surface area (Å²) in [5, 5.41) is 11.6. The molecule has 0 aromatic carbocycles. The molecule has 2 amide bonds. The lowest BCUT2D eigenvalue weighted by Crippen LogP contribution is -2.59. The summed E-state index contributed by atoms with van der Waals surface area (Å²) in [5.41, 5.74) is -2.16. The van der Waals surface area contributed by atoms with Crippen molar-refractivity contribution in [1.29, 1.82) is 0 Å². The van der Waals surface area contributed by atoms with E-state index in [9.17, 15) is 27.9 Å². The third kappa shape index (κ3) is 3.29. The van der Waals surface area contributed by atoms with Crippen molar-refractivity contribution in [3.05, 3.63) is 11.6 Å². The maximum absolute atomic E-state index is 12.5. The Hall–Kier alpha value is -1.77. The Labute approximate surface area is 118 Å². The van der Waals surface area contributed by atoms with Crippen molar-refractivity contribution in [2.75, 3.05) is 26.3 Å². The summed E-state index contributed by atoms with van der Waals surface area (Å²) in [6.45, 7) is -0.235. The van der Waals surface area contributed by atoms with Crippen molar-refractivity contribution >= 4 is 12.0 Å². The van der Waals surface area contributed by atoms with Gasteiger partial charge in [0.15, 0.2) is 5.54 Å². The summed E-state index contributed by atoms with van der Waals surface area (Å²) < 4.78 is 42.4. The summed E-state index contributed by atoms with van der Waals surface area (Å²) in [6.07, 6.45) is -3.61. The number of urea groups is 1. The minimum absolute atomic E-state index is 0.103. The number of amides is 2. The van der Waals surface area contributed by atoms with Gasteiger partial charge >= 0.3 is 18.2 Å². The summed E-state index contributed by atoms with van der Waals surface area (Å²) in [4.78, 5) is 24.4. The molecule has 9 heteroatoms. The molecule has 2 N–H and O–H groups in total. The quantitative estimate of drug-likeness (QED) is 0.750. The number of alkyl halides is 3. The van der Waals surface area contributed by atoms with Crippen LogP contribution in [0, 0.1) is 0 Å². The largest absolute Gasteiger partial charge is 0.479 e. The van der Waals surface area contributed by atoms with Gasteiger partial charge in [-0.2, -0.15) is 13.2 Å². The molecule has 0 aromatic heterocycles. The van der Waals surface area contributed by atoms with E-state index in [1.807, 2.05) is 0 Å². The number of hydrogen-bond donors (Lipinski definition) is 2. The van der Waals surface area contributed by atoms with Crippen molar-refractivity contribution < 1.29 is 32.6 Å². The highest BCUT2D eigenvalue weighted by Crippen LogP contribution is 2.30. The summed E-state index contributed by atoms with van der Waals surface area (Å²) in [7, 11) is 0. The van der Waals surface area contributed by atoms with E-state index in [0.29, 0.717) is 0 Å². The molecule has 6 nitrogen and oxygen atoms in total. The topological polar surface area (TPSA) is 78.9 Å². The van der Waals surface area contributed by atoms with Gasteiger partial charge in [-0.25, -0.2) is 9.59 Å². The predicted molar refractivity (Wildman–Crippen MR) is 64.7 cm³/mol. The van der Waals surface area contributed by atoms with Gasteiger partial charge in [0.25, 0.3) is 0 Å². The van der Waals surface area contributed by atoms with Crippen molar-refractivity contribution in [1.82, 2.24) is 10.2 Å². The molecule has 0 spiro atoms. The molecule has 0 radical (unpaired) electrons. The first-order valence-electron chi connectivity index (χ1n) is 6.39. The Balaban J connectivity index is 1.99. The number of carboxylic acid groups (broad SMARTS) is 1. The van der Waals surface area contributed by atoms with Crippen LogP contribution >= 0.6 is 0 Å². The zero-order valence-corrected chi connectivity index (χ0v) is 11.1. The van der Waals surface area contributed by atoms with Crippen LogP contribution < -0.4 is 5.32 Å². The van der Waals surface area contributed by atoms with Crippen LogP contribution in [0.25, 0.3) is 0 Å². The molecule has 1 unspecified atom stereocenters. The van der Waals surface area contributed by atoms with Gasteiger partial charge in [-0.1, -0.05) is 6.08 Å². The number of carboxylic acids is 1. The van der Waals surface area contributed by atoms with Crippen LogP contribution in [0.5, 0.6) is 0 Å². The second-order valence-corrected chi connectivity index (χ2v) is 5.04. The van der Waals surface area contributed by atoms with E-state index in [4.69, 9.17) is 4.74 Å². The standard InChI is InChI=1S/C12H15F3N2O4/c13-12(14,15)8-1-4-17(5-2-8)10(20)16-11(9(18)19)3-6-21-7-11/h1H,2-7H2,(H,16,20)(H,18,19). The van der Waals surface area contributed by atoms with E-state index in [-0.39, 0.29) is 39.1 Å². The van der Waals surface area contributed by atoms with E-state index in [1.54, 1.807) is 0 Å². The third-order valence-electron chi connectivity index (χ3n) is 3.64. The molecule has 1 atom stereocenters. The number of carbonyl (C=O) groups is 2. The lowest BCUT2D eigenvalue weighted by atomic mass is 9.99. The number of carbonyl (C=O) groups excluding carboxylic acids is 1. The van der Waals surface area contributed by atoms with Crippen LogP contribution in [0.3, 0.4) is 0 Å². The predicted octanol–water partition coefficient (Wildman–Crippen LogP) is 1.13. The van der Waals surface area contributed by atoms with Gasteiger partial charge in [0.2, 0.25) is 0 Å². The number of halogens is 3. The zero-order chi connectivity index (χ0) is 15.7. The highest BCUT2D eigenvalue weighted by molar-refractivity contribution is 5.86. The van der Waals surface area contributed by atoms with E-state index in [1.165, 1.54) is 0 Å². The Kier molecular flexibility index (Phi) is 4.13. The molecule has 2 heterocycles. The molecule has 1 fully saturated rings. The molecule has 2 aliphatic heterocycles. The molecule has 0 saturated carbocycles. The molecule has 21 heavy (non-hydrogen) atoms. The number of hydrogen-bond acceptors (Lipinski definition) is 3. The first-order chi connectivity index (χ1) is 9.74. The Morgan fingerprint density at radius 3 is 2.57 bits per heavy atom. The van der Waals surface area contributed by atoms with Crippen LogP contribution in [0.2, 0.25) is 0 Å². The van der Waals surface area contributed by atoms with Gasteiger partial charge in [0, 0.05) is 31.7 Å². The lowest BCUT2D eigenvalue weighted by Gasteiger charge is -2.31. The van der Waals surface area contributed by atoms with Crippen molar-refractivity contribution in [2.24, 2.45) is 0 Å². The van der Waals surface area contributed by atoms with E-state index in [2.05, 4.69) is 5.32 Å². The molecule has 0 aromatic rings. The smallest absolute Gasteiger partial charge is 0.412 e. The highest BCUT2D eigenvalue weighted by atomic mass is 19.4. The number of aliphatic carboxylic acids is 1. The van der Waals surface area contributed by atoms with Crippen LogP contribution in [-0.2, 0) is 9.53 Å². The number of ether oxygens (including phenoxy) is 1. The molecule has 2 rings (SSSR count). The van der Waals surface area contributed by atoms with Crippen molar-refractivity contribution in [2.45, 2.75) is 24.6 Å². The average Bonchev–Trinajstić information content (AvgIpc) is 2.88. The van der Waals surface area contributed by atoms with Crippen molar-refractivity contribution in [3.63, 3.8) is 0 Å². The molecule has 0 bridgehead atoms. The monoisotopic (exact) mass is 308 g/mol. The molecule has 0 aliphatic carbocycles. The molecule has 2 aliphatic rings. The first kappa shape index (κ1) is 15.6. The van der Waals surface area contributed by atoms with Gasteiger partial charge < -0.3 is 20.1 Å². The van der Waals surface area contributed by atoms with E-state index >= 15 is 0 Å². The summed E-state index contributed by atoms with van der Waals surface area (Å²) in [6, 6.07) is -0.694. The maximum atomic E-state index is 12.5. The van der Waals surface area contributed by atoms with Gasteiger partial charge in [-0.3, -0.25) is 0 Å². The minimum atomic E-state index is -4.38. The lowest BCUT2D eigenvalue weighted by molar-refractivity contribution is -0.144.